The van der Waals surface area contributed by atoms with Crippen LogP contribution in [0.5, 0.6) is 0 Å². The Labute approximate surface area is 145 Å². The molecule has 0 aromatic heterocycles. The van der Waals surface area contributed by atoms with Crippen LogP contribution in [-0.2, 0) is 9.53 Å². The summed E-state index contributed by atoms with van der Waals surface area (Å²) in [6.45, 7) is 0. The second kappa shape index (κ2) is 5.78. The molecule has 0 saturated heterocycles. The maximum Gasteiger partial charge on any atom is 0.340 e. The number of halogens is 1. The third kappa shape index (κ3) is 2.46. The van der Waals surface area contributed by atoms with E-state index in [4.69, 9.17) is 4.74 Å². The van der Waals surface area contributed by atoms with Crippen molar-refractivity contribution in [2.45, 2.75) is 36.2 Å². The van der Waals surface area contributed by atoms with E-state index >= 15 is 0 Å². The number of hydrogen-bond acceptors (Lipinski definition) is 3. The van der Waals surface area contributed by atoms with Crippen LogP contribution in [0.1, 0.15) is 36.8 Å². The lowest BCUT2D eigenvalue weighted by molar-refractivity contribution is -0.143. The molecule has 1 heterocycles. The number of hydrogen-bond donors (Lipinski definition) is 1. The molecule has 2 aliphatic rings. The van der Waals surface area contributed by atoms with Crippen LogP contribution in [0.2, 0.25) is 0 Å². The van der Waals surface area contributed by atoms with Crippen molar-refractivity contribution in [1.82, 2.24) is 0 Å². The Morgan fingerprint density at radius 3 is 2.12 bits per heavy atom. The Bertz CT molecular complexity index is 816. The fourth-order valence-corrected chi connectivity index (χ4v) is 3.97. The number of thiol groups is 1. The first kappa shape index (κ1) is 15.5. The summed E-state index contributed by atoms with van der Waals surface area (Å²) in [7, 11) is 0. The van der Waals surface area contributed by atoms with Crippen molar-refractivity contribution in [3.05, 3.63) is 65.5 Å². The van der Waals surface area contributed by atoms with Gasteiger partial charge in [0.2, 0.25) is 0 Å². The van der Waals surface area contributed by atoms with Gasteiger partial charge in [-0.3, -0.25) is 0 Å². The van der Waals surface area contributed by atoms with E-state index in [0.717, 1.165) is 41.7 Å². The summed E-state index contributed by atoms with van der Waals surface area (Å²) >= 11 is 4.34. The fraction of sp³-hybridized carbons (Fsp3) is 0.250. The van der Waals surface area contributed by atoms with Gasteiger partial charge in [0, 0.05) is 10.5 Å². The van der Waals surface area contributed by atoms with E-state index in [0.29, 0.717) is 11.1 Å². The first-order valence-corrected chi connectivity index (χ1v) is 8.57. The zero-order valence-corrected chi connectivity index (χ0v) is 14.0. The van der Waals surface area contributed by atoms with Crippen molar-refractivity contribution in [1.29, 1.82) is 0 Å². The molecule has 1 fully saturated rings. The average Bonchev–Trinajstić information content (AvgIpc) is 3.14. The van der Waals surface area contributed by atoms with Crippen LogP contribution in [0.15, 0.2) is 53.4 Å². The molecule has 0 atom stereocenters. The zero-order valence-electron chi connectivity index (χ0n) is 13.1. The van der Waals surface area contributed by atoms with Crippen molar-refractivity contribution in [2.24, 2.45) is 0 Å². The van der Waals surface area contributed by atoms with E-state index in [-0.39, 0.29) is 11.8 Å². The molecular weight excluding hydrogens is 323 g/mol. The number of ether oxygens (including phenoxy) is 1. The van der Waals surface area contributed by atoms with Gasteiger partial charge in [-0.15, -0.1) is 12.6 Å². The molecule has 4 heteroatoms. The Kier molecular flexibility index (Phi) is 3.72. The smallest absolute Gasteiger partial charge is 0.340 e. The van der Waals surface area contributed by atoms with E-state index in [1.807, 2.05) is 24.3 Å². The number of benzene rings is 2. The van der Waals surface area contributed by atoms with Gasteiger partial charge in [0.25, 0.3) is 0 Å². The summed E-state index contributed by atoms with van der Waals surface area (Å²) in [5.74, 6) is -0.629. The summed E-state index contributed by atoms with van der Waals surface area (Å²) in [6, 6.07) is 13.8. The Hall–Kier alpha value is -2.07. The maximum atomic E-state index is 13.3. The van der Waals surface area contributed by atoms with E-state index in [9.17, 15) is 9.18 Å². The normalized spacial score (nSPS) is 19.2. The molecule has 2 aromatic carbocycles. The molecule has 0 unspecified atom stereocenters. The summed E-state index contributed by atoms with van der Waals surface area (Å²) in [6.07, 6.45) is 3.75. The minimum absolute atomic E-state index is 0.312. The minimum Gasteiger partial charge on any atom is -0.451 e. The molecule has 24 heavy (non-hydrogen) atoms. The van der Waals surface area contributed by atoms with Crippen molar-refractivity contribution < 1.29 is 13.9 Å². The van der Waals surface area contributed by atoms with E-state index in [2.05, 4.69) is 12.6 Å². The molecule has 0 bridgehead atoms. The van der Waals surface area contributed by atoms with Crippen molar-refractivity contribution in [3.8, 4) is 0 Å². The van der Waals surface area contributed by atoms with Gasteiger partial charge in [-0.1, -0.05) is 24.3 Å². The number of rotatable bonds is 2. The number of carbonyl (C=O) groups excluding carboxylic acids is 1. The first-order valence-electron chi connectivity index (χ1n) is 8.12. The summed E-state index contributed by atoms with van der Waals surface area (Å²) in [5.41, 5.74) is 2.63. The van der Waals surface area contributed by atoms with Gasteiger partial charge in [0.05, 0.1) is 5.57 Å². The highest BCUT2D eigenvalue weighted by atomic mass is 32.1. The molecule has 1 saturated carbocycles. The number of carbonyl (C=O) groups is 1. The molecule has 1 aliphatic heterocycles. The van der Waals surface area contributed by atoms with Crippen LogP contribution in [0.4, 0.5) is 4.39 Å². The monoisotopic (exact) mass is 340 g/mol. The summed E-state index contributed by atoms with van der Waals surface area (Å²) in [5, 5.41) is 0. The Morgan fingerprint density at radius 2 is 1.50 bits per heavy atom. The predicted molar refractivity (Wildman–Crippen MR) is 94.2 cm³/mol. The largest absolute Gasteiger partial charge is 0.451 e. The molecule has 0 N–H and O–H groups in total. The van der Waals surface area contributed by atoms with Crippen LogP contribution < -0.4 is 0 Å². The van der Waals surface area contributed by atoms with E-state index in [1.54, 1.807) is 12.1 Å². The third-order valence-corrected chi connectivity index (χ3v) is 5.20. The Balaban J connectivity index is 1.94. The van der Waals surface area contributed by atoms with Crippen LogP contribution in [0.25, 0.3) is 11.1 Å². The molecule has 0 amide bonds. The molecule has 4 rings (SSSR count). The highest BCUT2D eigenvalue weighted by Crippen LogP contribution is 2.52. The second-order valence-electron chi connectivity index (χ2n) is 6.39. The molecule has 0 radical (unpaired) electrons. The third-order valence-electron chi connectivity index (χ3n) is 4.90. The van der Waals surface area contributed by atoms with Gasteiger partial charge >= 0.3 is 5.97 Å². The maximum absolute atomic E-state index is 13.3. The molecule has 122 valence electrons. The van der Waals surface area contributed by atoms with Crippen LogP contribution in [0.3, 0.4) is 0 Å². The average molecular weight is 340 g/mol. The number of esters is 1. The zero-order chi connectivity index (χ0) is 16.7. The first-order chi connectivity index (χ1) is 11.6. The van der Waals surface area contributed by atoms with Gasteiger partial charge < -0.3 is 4.74 Å². The van der Waals surface area contributed by atoms with Crippen molar-refractivity contribution in [3.63, 3.8) is 0 Å². The van der Waals surface area contributed by atoms with Gasteiger partial charge in [0.15, 0.2) is 0 Å². The summed E-state index contributed by atoms with van der Waals surface area (Å²) in [4.78, 5) is 13.6. The van der Waals surface area contributed by atoms with E-state index < -0.39 is 5.60 Å². The highest BCUT2D eigenvalue weighted by molar-refractivity contribution is 7.80. The van der Waals surface area contributed by atoms with Crippen LogP contribution >= 0.6 is 12.6 Å². The van der Waals surface area contributed by atoms with Gasteiger partial charge in [0.1, 0.15) is 11.4 Å². The lowest BCUT2D eigenvalue weighted by Crippen LogP contribution is -2.27. The lowest BCUT2D eigenvalue weighted by Gasteiger charge is -2.26. The minimum atomic E-state index is -0.543. The van der Waals surface area contributed by atoms with Crippen molar-refractivity contribution in [2.75, 3.05) is 0 Å². The quantitative estimate of drug-likeness (QED) is 0.622. The fourth-order valence-electron chi connectivity index (χ4n) is 3.82. The lowest BCUT2D eigenvalue weighted by atomic mass is 9.83. The van der Waals surface area contributed by atoms with Gasteiger partial charge in [-0.05, 0) is 61.1 Å². The Morgan fingerprint density at radius 1 is 0.917 bits per heavy atom. The molecule has 2 aromatic rings. The standard InChI is InChI=1S/C20H17FO2S/c21-15-7-3-13(4-8-15)17-18(14-5-9-16(24)10-6-14)20(23-19(17)22)11-1-2-12-20/h3-10,24H,1-2,11-12H2. The summed E-state index contributed by atoms with van der Waals surface area (Å²) < 4.78 is 19.2. The topological polar surface area (TPSA) is 26.3 Å². The second-order valence-corrected chi connectivity index (χ2v) is 6.91. The van der Waals surface area contributed by atoms with Crippen molar-refractivity contribution >= 4 is 29.7 Å². The van der Waals surface area contributed by atoms with Crippen LogP contribution in [0, 0.1) is 5.82 Å². The van der Waals surface area contributed by atoms with E-state index in [1.165, 1.54) is 12.1 Å². The van der Waals surface area contributed by atoms with Gasteiger partial charge in [-0.25, -0.2) is 9.18 Å². The van der Waals surface area contributed by atoms with Crippen LogP contribution in [-0.4, -0.2) is 11.6 Å². The molecule has 2 nitrogen and oxygen atoms in total. The predicted octanol–water partition coefficient (Wildman–Crippen LogP) is 4.89. The molecule has 1 spiro atoms. The molecule has 1 aliphatic carbocycles. The molecular formula is C20H17FO2S. The highest BCUT2D eigenvalue weighted by Gasteiger charge is 2.49. The van der Waals surface area contributed by atoms with Gasteiger partial charge in [-0.2, -0.15) is 0 Å². The SMILES string of the molecule is O=C1OC2(CCCC2)C(c2ccc(S)cc2)=C1c1ccc(F)cc1.